The van der Waals surface area contributed by atoms with Crippen LogP contribution in [0.3, 0.4) is 0 Å². The van der Waals surface area contributed by atoms with Gasteiger partial charge < -0.3 is 0 Å². The number of benzene rings is 7. The summed E-state index contributed by atoms with van der Waals surface area (Å²) in [4.78, 5) is 20.2. The highest BCUT2D eigenvalue weighted by atomic mass is 32.1. The van der Waals surface area contributed by atoms with Crippen LogP contribution in [0.5, 0.6) is 0 Å². The highest BCUT2D eigenvalue weighted by molar-refractivity contribution is 7.26. The van der Waals surface area contributed by atoms with Gasteiger partial charge in [-0.3, -0.25) is 0 Å². The number of fused-ring (bicyclic) bond motifs is 5. The van der Waals surface area contributed by atoms with Crippen molar-refractivity contribution < 1.29 is 0 Å². The van der Waals surface area contributed by atoms with Crippen molar-refractivity contribution in [2.24, 2.45) is 0 Å². The SMILES string of the molecule is c1ccc(-c2ccc(-c3nc(-c4ccccc4)nc(-c4cccc(-c5ccc6sc7c(-c8ccccc8)nc8ccccc8c7c6c5)c4)n3)cc2)cc1. The molecule has 0 aliphatic carbocycles. The molecule has 0 atom stereocenters. The Labute approximate surface area is 310 Å². The molecule has 10 rings (SSSR count). The fourth-order valence-corrected chi connectivity index (χ4v) is 8.30. The van der Waals surface area contributed by atoms with Crippen LogP contribution < -0.4 is 0 Å². The molecule has 0 saturated carbocycles. The fraction of sp³-hybridized carbons (Fsp3) is 0. The zero-order valence-corrected chi connectivity index (χ0v) is 29.3. The molecule has 248 valence electrons. The van der Waals surface area contributed by atoms with E-state index in [4.69, 9.17) is 19.9 Å². The lowest BCUT2D eigenvalue weighted by Crippen LogP contribution is -2.00. The number of hydrogen-bond donors (Lipinski definition) is 0. The third-order valence-electron chi connectivity index (χ3n) is 9.73. The van der Waals surface area contributed by atoms with Crippen molar-refractivity contribution in [2.75, 3.05) is 0 Å². The Morgan fingerprint density at radius 3 is 1.53 bits per heavy atom. The van der Waals surface area contributed by atoms with E-state index in [2.05, 4.69) is 146 Å². The second-order valence-electron chi connectivity index (χ2n) is 13.1. The molecule has 0 spiro atoms. The molecular formula is C48H30N4S. The first-order chi connectivity index (χ1) is 26.2. The van der Waals surface area contributed by atoms with E-state index in [-0.39, 0.29) is 0 Å². The summed E-state index contributed by atoms with van der Waals surface area (Å²) in [5.74, 6) is 1.92. The van der Waals surface area contributed by atoms with Gasteiger partial charge in [-0.1, -0.05) is 158 Å². The molecule has 0 unspecified atom stereocenters. The summed E-state index contributed by atoms with van der Waals surface area (Å²) in [7, 11) is 0. The standard InChI is InChI=1S/C48H30N4S/c1-4-13-31(14-5-1)32-23-25-35(26-24-32)47-50-46(34-17-8-3-9-18-34)51-48(52-47)38-20-12-19-36(29-38)37-27-28-42-40(30-37)43-39-21-10-11-22-41(39)49-44(45(43)53-42)33-15-6-2-7-16-33/h1-30H. The number of para-hydroxylation sites is 1. The van der Waals surface area contributed by atoms with E-state index < -0.39 is 0 Å². The van der Waals surface area contributed by atoms with Crippen molar-refractivity contribution >= 4 is 42.4 Å². The number of nitrogens with zero attached hydrogens (tertiary/aromatic N) is 4. The summed E-state index contributed by atoms with van der Waals surface area (Å²) in [5, 5.41) is 3.65. The Morgan fingerprint density at radius 2 is 0.811 bits per heavy atom. The van der Waals surface area contributed by atoms with Gasteiger partial charge >= 0.3 is 0 Å². The summed E-state index contributed by atoms with van der Waals surface area (Å²) >= 11 is 1.81. The van der Waals surface area contributed by atoms with Gasteiger partial charge in [-0.15, -0.1) is 11.3 Å². The molecule has 10 aromatic rings. The number of hydrogen-bond acceptors (Lipinski definition) is 5. The maximum atomic E-state index is 5.16. The van der Waals surface area contributed by atoms with Gasteiger partial charge in [-0.2, -0.15) is 0 Å². The largest absolute Gasteiger partial charge is 0.246 e. The van der Waals surface area contributed by atoms with Crippen LogP contribution in [0, 0.1) is 0 Å². The van der Waals surface area contributed by atoms with Crippen LogP contribution in [0.2, 0.25) is 0 Å². The molecule has 4 nitrogen and oxygen atoms in total. The lowest BCUT2D eigenvalue weighted by Gasteiger charge is -2.10. The van der Waals surface area contributed by atoms with E-state index in [9.17, 15) is 0 Å². The lowest BCUT2D eigenvalue weighted by molar-refractivity contribution is 1.07. The van der Waals surface area contributed by atoms with E-state index >= 15 is 0 Å². The Morgan fingerprint density at radius 1 is 0.321 bits per heavy atom. The van der Waals surface area contributed by atoms with Crippen LogP contribution in [-0.4, -0.2) is 19.9 Å². The molecule has 0 radical (unpaired) electrons. The molecule has 0 N–H and O–H groups in total. The first-order valence-corrected chi connectivity index (χ1v) is 18.5. The zero-order chi connectivity index (χ0) is 35.1. The number of pyridine rings is 1. The van der Waals surface area contributed by atoms with Crippen molar-refractivity contribution in [2.45, 2.75) is 0 Å². The average Bonchev–Trinajstić information content (AvgIpc) is 3.64. The number of aromatic nitrogens is 4. The number of thiophene rings is 1. The van der Waals surface area contributed by atoms with Gasteiger partial charge in [0.2, 0.25) is 0 Å². The van der Waals surface area contributed by atoms with E-state index in [1.807, 2.05) is 47.7 Å². The maximum Gasteiger partial charge on any atom is 0.164 e. The van der Waals surface area contributed by atoms with Crippen LogP contribution in [0.4, 0.5) is 0 Å². The van der Waals surface area contributed by atoms with Crippen LogP contribution in [0.1, 0.15) is 0 Å². The fourth-order valence-electron chi connectivity index (χ4n) is 7.09. The van der Waals surface area contributed by atoms with Gasteiger partial charge in [0, 0.05) is 43.1 Å². The highest BCUT2D eigenvalue weighted by Crippen LogP contribution is 2.44. The van der Waals surface area contributed by atoms with Gasteiger partial charge in [0.15, 0.2) is 17.5 Å². The minimum atomic E-state index is 0.634. The van der Waals surface area contributed by atoms with Crippen LogP contribution in [-0.2, 0) is 0 Å². The first-order valence-electron chi connectivity index (χ1n) is 17.6. The summed E-state index contributed by atoms with van der Waals surface area (Å²) in [6.45, 7) is 0. The Bertz CT molecular complexity index is 2920. The monoisotopic (exact) mass is 694 g/mol. The van der Waals surface area contributed by atoms with Crippen LogP contribution >= 0.6 is 11.3 Å². The second kappa shape index (κ2) is 13.1. The molecule has 5 heteroatoms. The van der Waals surface area contributed by atoms with E-state index in [0.29, 0.717) is 17.5 Å². The molecule has 0 saturated heterocycles. The lowest BCUT2D eigenvalue weighted by atomic mass is 9.99. The summed E-state index contributed by atoms with van der Waals surface area (Å²) in [5.41, 5.74) is 10.5. The average molecular weight is 695 g/mol. The molecule has 3 heterocycles. The maximum absolute atomic E-state index is 5.16. The van der Waals surface area contributed by atoms with Crippen molar-refractivity contribution in [3.8, 4) is 67.7 Å². The predicted octanol–water partition coefficient (Wildman–Crippen LogP) is 12.8. The third-order valence-corrected chi connectivity index (χ3v) is 10.9. The predicted molar refractivity (Wildman–Crippen MR) is 221 cm³/mol. The summed E-state index contributed by atoms with van der Waals surface area (Å²) < 4.78 is 2.45. The van der Waals surface area contributed by atoms with Gasteiger partial charge in [0.05, 0.1) is 15.9 Å². The van der Waals surface area contributed by atoms with E-state index in [1.165, 1.54) is 31.1 Å². The minimum absolute atomic E-state index is 0.634. The van der Waals surface area contributed by atoms with Crippen molar-refractivity contribution in [3.05, 3.63) is 182 Å². The summed E-state index contributed by atoms with van der Waals surface area (Å²) in [6, 6.07) is 63.3. The number of rotatable bonds is 6. The van der Waals surface area contributed by atoms with Crippen LogP contribution in [0.25, 0.3) is 98.7 Å². The van der Waals surface area contributed by atoms with Crippen molar-refractivity contribution in [3.63, 3.8) is 0 Å². The van der Waals surface area contributed by atoms with Gasteiger partial charge in [0.25, 0.3) is 0 Å². The van der Waals surface area contributed by atoms with Gasteiger partial charge in [-0.05, 0) is 46.5 Å². The van der Waals surface area contributed by atoms with Gasteiger partial charge in [0.1, 0.15) is 0 Å². The Balaban J connectivity index is 1.09. The topological polar surface area (TPSA) is 51.6 Å². The van der Waals surface area contributed by atoms with E-state index in [1.54, 1.807) is 0 Å². The second-order valence-corrected chi connectivity index (χ2v) is 14.1. The molecule has 0 amide bonds. The molecule has 3 aromatic heterocycles. The molecule has 7 aromatic carbocycles. The van der Waals surface area contributed by atoms with Crippen molar-refractivity contribution in [1.82, 2.24) is 19.9 Å². The molecule has 53 heavy (non-hydrogen) atoms. The van der Waals surface area contributed by atoms with Crippen LogP contribution in [0.15, 0.2) is 182 Å². The Hall–Kier alpha value is -6.82. The first kappa shape index (κ1) is 31.0. The molecule has 0 fully saturated rings. The minimum Gasteiger partial charge on any atom is -0.246 e. The molecule has 0 bridgehead atoms. The molecule has 0 aliphatic rings. The zero-order valence-electron chi connectivity index (χ0n) is 28.5. The van der Waals surface area contributed by atoms with E-state index in [0.717, 1.165) is 50.2 Å². The quantitative estimate of drug-likeness (QED) is 0.174. The highest BCUT2D eigenvalue weighted by Gasteiger charge is 2.18. The smallest absolute Gasteiger partial charge is 0.164 e. The molecular weight excluding hydrogens is 665 g/mol. The van der Waals surface area contributed by atoms with Crippen molar-refractivity contribution in [1.29, 1.82) is 0 Å². The molecule has 0 aliphatic heterocycles. The third kappa shape index (κ3) is 5.74. The van der Waals surface area contributed by atoms with Gasteiger partial charge in [-0.25, -0.2) is 19.9 Å². The Kier molecular flexibility index (Phi) is 7.63. The normalized spacial score (nSPS) is 11.4. The summed E-state index contributed by atoms with van der Waals surface area (Å²) in [6.07, 6.45) is 0.